The molecule has 0 atom stereocenters. The second-order valence-corrected chi connectivity index (χ2v) is 11.3. The Morgan fingerprint density at radius 1 is 0.966 bits per heavy atom. The average molecular weight is 442 g/mol. The van der Waals surface area contributed by atoms with Crippen LogP contribution < -0.4 is 4.74 Å². The number of halogens is 1. The molecule has 2 aromatic carbocycles. The third-order valence-electron chi connectivity index (χ3n) is 5.38. The van der Waals surface area contributed by atoms with E-state index >= 15 is 0 Å². The highest BCUT2D eigenvalue weighted by Gasteiger charge is 2.36. The average Bonchev–Trinajstić information content (AvgIpc) is 2.70. The van der Waals surface area contributed by atoms with Gasteiger partial charge in [0.2, 0.25) is 10.0 Å². The Morgan fingerprint density at radius 2 is 1.52 bits per heavy atom. The molecule has 9 heteroatoms. The van der Waals surface area contributed by atoms with Crippen LogP contribution in [0.3, 0.4) is 0 Å². The monoisotopic (exact) mass is 441 g/mol. The molecule has 0 N–H and O–H groups in total. The molecule has 0 aliphatic carbocycles. The number of piperidine rings is 1. The van der Waals surface area contributed by atoms with Gasteiger partial charge in [-0.1, -0.05) is 0 Å². The quantitative estimate of drug-likeness (QED) is 0.666. The van der Waals surface area contributed by atoms with Gasteiger partial charge in [0.1, 0.15) is 16.5 Å². The minimum Gasteiger partial charge on any atom is -0.495 e. The van der Waals surface area contributed by atoms with E-state index in [-0.39, 0.29) is 41.5 Å². The van der Waals surface area contributed by atoms with E-state index in [9.17, 15) is 21.2 Å². The van der Waals surface area contributed by atoms with Gasteiger partial charge >= 0.3 is 0 Å². The van der Waals surface area contributed by atoms with E-state index in [1.165, 1.54) is 23.5 Å². The number of ether oxygens (including phenoxy) is 1. The summed E-state index contributed by atoms with van der Waals surface area (Å²) in [6, 6.07) is 7.98. The van der Waals surface area contributed by atoms with Crippen LogP contribution in [-0.2, 0) is 19.9 Å². The fourth-order valence-corrected chi connectivity index (χ4v) is 6.89. The Hall–Kier alpha value is -1.97. The molecule has 1 aliphatic heterocycles. The number of methoxy groups -OCH3 is 1. The molecule has 1 saturated heterocycles. The van der Waals surface area contributed by atoms with Crippen LogP contribution in [0.5, 0.6) is 5.75 Å². The van der Waals surface area contributed by atoms with Crippen LogP contribution >= 0.6 is 0 Å². The third-order valence-corrected chi connectivity index (χ3v) is 9.58. The van der Waals surface area contributed by atoms with E-state index in [1.807, 2.05) is 13.8 Å². The molecule has 1 heterocycles. The van der Waals surface area contributed by atoms with Gasteiger partial charge < -0.3 is 4.74 Å². The van der Waals surface area contributed by atoms with E-state index < -0.39 is 30.9 Å². The second kappa shape index (κ2) is 8.04. The zero-order valence-electron chi connectivity index (χ0n) is 16.6. The molecule has 29 heavy (non-hydrogen) atoms. The SMILES string of the molecule is COc1cc(C)c(C)cc1S(=O)(=O)N1CCC(S(=O)(=O)c2ccc(F)cc2)CC1. The van der Waals surface area contributed by atoms with Crippen molar-refractivity contribution in [3.8, 4) is 5.75 Å². The van der Waals surface area contributed by atoms with Gasteiger partial charge in [0.05, 0.1) is 17.3 Å². The van der Waals surface area contributed by atoms with Gasteiger partial charge in [0, 0.05) is 13.1 Å². The first-order valence-electron chi connectivity index (χ1n) is 9.22. The molecule has 3 rings (SSSR count). The highest BCUT2D eigenvalue weighted by molar-refractivity contribution is 7.92. The van der Waals surface area contributed by atoms with Crippen molar-refractivity contribution >= 4 is 19.9 Å². The number of rotatable bonds is 5. The largest absolute Gasteiger partial charge is 0.495 e. The maximum Gasteiger partial charge on any atom is 0.246 e. The van der Waals surface area contributed by atoms with Gasteiger partial charge in [-0.2, -0.15) is 4.31 Å². The molecule has 158 valence electrons. The number of hydrogen-bond donors (Lipinski definition) is 0. The van der Waals surface area contributed by atoms with Crippen LogP contribution in [0, 0.1) is 19.7 Å². The maximum absolute atomic E-state index is 13.1. The summed E-state index contributed by atoms with van der Waals surface area (Å²) >= 11 is 0. The molecule has 0 radical (unpaired) electrons. The fourth-order valence-electron chi connectivity index (χ4n) is 3.46. The van der Waals surface area contributed by atoms with Crippen LogP contribution in [0.25, 0.3) is 0 Å². The van der Waals surface area contributed by atoms with Crippen LogP contribution in [0.4, 0.5) is 4.39 Å². The second-order valence-electron chi connectivity index (χ2n) is 7.19. The van der Waals surface area contributed by atoms with Crippen LogP contribution in [0.15, 0.2) is 46.2 Å². The molecule has 0 amide bonds. The van der Waals surface area contributed by atoms with Gasteiger partial charge in [-0.15, -0.1) is 0 Å². The molecule has 0 aromatic heterocycles. The van der Waals surface area contributed by atoms with Crippen LogP contribution in [-0.4, -0.2) is 46.6 Å². The van der Waals surface area contributed by atoms with Crippen molar-refractivity contribution in [1.29, 1.82) is 0 Å². The van der Waals surface area contributed by atoms with Crippen molar-refractivity contribution in [2.24, 2.45) is 0 Å². The predicted molar refractivity (Wildman–Crippen MR) is 108 cm³/mol. The predicted octanol–water partition coefficient (Wildman–Crippen LogP) is 3.08. The Bertz CT molecular complexity index is 1100. The molecule has 0 bridgehead atoms. The van der Waals surface area contributed by atoms with E-state index in [0.717, 1.165) is 23.3 Å². The number of nitrogens with zero attached hydrogens (tertiary/aromatic N) is 1. The lowest BCUT2D eigenvalue weighted by atomic mass is 10.1. The van der Waals surface area contributed by atoms with Crippen molar-refractivity contribution in [3.63, 3.8) is 0 Å². The lowest BCUT2D eigenvalue weighted by molar-refractivity contribution is 0.342. The summed E-state index contributed by atoms with van der Waals surface area (Å²) in [7, 11) is -6.05. The third kappa shape index (κ3) is 4.17. The van der Waals surface area contributed by atoms with Crippen molar-refractivity contribution in [1.82, 2.24) is 4.31 Å². The summed E-state index contributed by atoms with van der Waals surface area (Å²) in [5.74, 6) is -0.235. The first-order chi connectivity index (χ1) is 13.6. The van der Waals surface area contributed by atoms with Gasteiger partial charge in [-0.05, 0) is 74.2 Å². The van der Waals surface area contributed by atoms with E-state index in [1.54, 1.807) is 12.1 Å². The molecule has 1 aliphatic rings. The van der Waals surface area contributed by atoms with Crippen LogP contribution in [0.1, 0.15) is 24.0 Å². The summed E-state index contributed by atoms with van der Waals surface area (Å²) in [6.45, 7) is 3.88. The number of sulfone groups is 1. The van der Waals surface area contributed by atoms with Gasteiger partial charge in [0.15, 0.2) is 9.84 Å². The summed E-state index contributed by atoms with van der Waals surface area (Å²) in [6.07, 6.45) is 0.345. The van der Waals surface area contributed by atoms with E-state index in [4.69, 9.17) is 4.74 Å². The smallest absolute Gasteiger partial charge is 0.246 e. The summed E-state index contributed by atoms with van der Waals surface area (Å²) in [5, 5.41) is -0.707. The number of sulfonamides is 1. The van der Waals surface area contributed by atoms with Crippen molar-refractivity contribution in [3.05, 3.63) is 53.3 Å². The van der Waals surface area contributed by atoms with Gasteiger partial charge in [-0.25, -0.2) is 21.2 Å². The van der Waals surface area contributed by atoms with Gasteiger partial charge in [-0.3, -0.25) is 0 Å². The first kappa shape index (κ1) is 21.7. The Kier molecular flexibility index (Phi) is 6.03. The highest BCUT2D eigenvalue weighted by Crippen LogP contribution is 2.33. The minimum atomic E-state index is -3.82. The first-order valence-corrected chi connectivity index (χ1v) is 12.2. The molecular formula is C20H24FNO5S2. The molecule has 2 aromatic rings. The molecular weight excluding hydrogens is 417 g/mol. The normalized spacial score (nSPS) is 16.7. The Morgan fingerprint density at radius 3 is 2.07 bits per heavy atom. The lowest BCUT2D eigenvalue weighted by Gasteiger charge is -2.31. The lowest BCUT2D eigenvalue weighted by Crippen LogP contribution is -2.42. The van der Waals surface area contributed by atoms with Crippen molar-refractivity contribution < 1.29 is 26.0 Å². The Labute approximate surface area is 171 Å². The molecule has 0 saturated carbocycles. The summed E-state index contributed by atoms with van der Waals surface area (Å²) < 4.78 is 71.6. The fraction of sp³-hybridized carbons (Fsp3) is 0.400. The summed E-state index contributed by atoms with van der Waals surface area (Å²) in [5.41, 5.74) is 1.75. The van der Waals surface area contributed by atoms with Gasteiger partial charge in [0.25, 0.3) is 0 Å². The molecule has 1 fully saturated rings. The van der Waals surface area contributed by atoms with Crippen LogP contribution in [0.2, 0.25) is 0 Å². The molecule has 0 unspecified atom stereocenters. The topological polar surface area (TPSA) is 80.8 Å². The van der Waals surface area contributed by atoms with Crippen molar-refractivity contribution in [2.45, 2.75) is 41.7 Å². The summed E-state index contributed by atoms with van der Waals surface area (Å²) in [4.78, 5) is 0.138. The molecule has 0 spiro atoms. The maximum atomic E-state index is 13.1. The number of benzene rings is 2. The zero-order valence-corrected chi connectivity index (χ0v) is 18.2. The van der Waals surface area contributed by atoms with Crippen molar-refractivity contribution in [2.75, 3.05) is 20.2 Å². The van der Waals surface area contributed by atoms with E-state index in [2.05, 4.69) is 0 Å². The minimum absolute atomic E-state index is 0.0519. The molecule has 6 nitrogen and oxygen atoms in total. The zero-order chi connectivity index (χ0) is 21.4. The number of hydrogen-bond acceptors (Lipinski definition) is 5. The van der Waals surface area contributed by atoms with E-state index in [0.29, 0.717) is 0 Å². The Balaban J connectivity index is 1.82. The number of aryl methyl sites for hydroxylation is 2. The standard InChI is InChI=1S/C20H24FNO5S2/c1-14-12-19(27-3)20(13-15(14)2)29(25,26)22-10-8-18(9-11-22)28(23,24)17-6-4-16(21)5-7-17/h4-7,12-13,18H,8-11H2,1-3H3. The highest BCUT2D eigenvalue weighted by atomic mass is 32.2.